The first-order valence-corrected chi connectivity index (χ1v) is 12.2. The molecule has 0 radical (unpaired) electrons. The zero-order chi connectivity index (χ0) is 24.8. The number of benzene rings is 1. The van der Waals surface area contributed by atoms with Gasteiger partial charge in [-0.05, 0) is 44.0 Å². The molecule has 3 aromatic rings. The van der Waals surface area contributed by atoms with E-state index < -0.39 is 26.6 Å². The lowest BCUT2D eigenvalue weighted by atomic mass is 10.0. The molecule has 0 aliphatic carbocycles. The Morgan fingerprint density at radius 2 is 1.82 bits per heavy atom. The first kappa shape index (κ1) is 24.0. The lowest BCUT2D eigenvalue weighted by Gasteiger charge is -2.34. The minimum atomic E-state index is -4.23. The normalized spacial score (nSPS) is 15.3. The van der Waals surface area contributed by atoms with Gasteiger partial charge in [0.15, 0.2) is 0 Å². The van der Waals surface area contributed by atoms with E-state index in [0.717, 1.165) is 33.1 Å². The van der Waals surface area contributed by atoms with Gasteiger partial charge in [-0.1, -0.05) is 0 Å². The molecule has 3 heterocycles. The summed E-state index contributed by atoms with van der Waals surface area (Å²) >= 11 is 0. The van der Waals surface area contributed by atoms with E-state index in [2.05, 4.69) is 10.1 Å². The molecule has 1 aromatic carbocycles. The first-order valence-electron chi connectivity index (χ1n) is 10.8. The number of H-pyrrole nitrogens is 1. The number of carbonyl (C=O) groups excluding carboxylic acids is 1. The van der Waals surface area contributed by atoms with Gasteiger partial charge in [0, 0.05) is 50.6 Å². The van der Waals surface area contributed by atoms with Gasteiger partial charge < -0.3 is 9.88 Å². The van der Waals surface area contributed by atoms with Gasteiger partial charge in [-0.2, -0.15) is 9.40 Å². The van der Waals surface area contributed by atoms with Crippen LogP contribution in [-0.2, 0) is 28.3 Å². The number of aryl methyl sites for hydroxylation is 3. The number of aromatic amines is 1. The summed E-state index contributed by atoms with van der Waals surface area (Å²) in [6.07, 6.45) is 0.317. The van der Waals surface area contributed by atoms with Crippen LogP contribution in [0.25, 0.3) is 11.0 Å². The highest BCUT2D eigenvalue weighted by Gasteiger charge is 2.32. The zero-order valence-electron chi connectivity index (χ0n) is 19.1. The number of piperazine rings is 1. The molecule has 0 unspecified atom stereocenters. The number of nitrogens with zero attached hydrogens (tertiary/aromatic N) is 4. The molecule has 1 fully saturated rings. The van der Waals surface area contributed by atoms with Crippen LogP contribution in [0.3, 0.4) is 0 Å². The molecule has 1 aliphatic rings. The van der Waals surface area contributed by atoms with Gasteiger partial charge in [0.2, 0.25) is 15.9 Å². The number of nitrogens with one attached hydrogen (secondary N) is 1. The fraction of sp³-hybridized carbons (Fsp3) is 0.409. The lowest BCUT2D eigenvalue weighted by Crippen LogP contribution is -2.50. The third-order valence-electron chi connectivity index (χ3n) is 6.25. The molecule has 1 N–H and O–H groups in total. The number of hydrogen-bond acceptors (Lipinski definition) is 5. The Morgan fingerprint density at radius 3 is 2.50 bits per heavy atom. The number of sulfonamides is 1. The Bertz CT molecular complexity index is 1440. The zero-order valence-corrected chi connectivity index (χ0v) is 19.9. The maximum absolute atomic E-state index is 14.0. The van der Waals surface area contributed by atoms with Gasteiger partial charge in [-0.25, -0.2) is 17.2 Å². The highest BCUT2D eigenvalue weighted by molar-refractivity contribution is 7.89. The van der Waals surface area contributed by atoms with E-state index >= 15 is 0 Å². The largest absolute Gasteiger partial charge is 0.340 e. The van der Waals surface area contributed by atoms with Crippen molar-refractivity contribution in [3.63, 3.8) is 0 Å². The van der Waals surface area contributed by atoms with E-state index in [1.165, 1.54) is 4.90 Å². The van der Waals surface area contributed by atoms with Gasteiger partial charge in [-0.3, -0.25) is 14.3 Å². The smallest absolute Gasteiger partial charge is 0.253 e. The summed E-state index contributed by atoms with van der Waals surface area (Å²) in [5, 5.41) is 5.19. The van der Waals surface area contributed by atoms with Gasteiger partial charge in [-0.15, -0.1) is 0 Å². The number of carbonyl (C=O) groups is 1. The van der Waals surface area contributed by atoms with Crippen LogP contribution in [0, 0.1) is 25.5 Å². The maximum atomic E-state index is 14.0. The number of amides is 1. The van der Waals surface area contributed by atoms with Crippen molar-refractivity contribution in [2.45, 2.75) is 31.6 Å². The van der Waals surface area contributed by atoms with E-state index in [-0.39, 0.29) is 50.5 Å². The van der Waals surface area contributed by atoms with Crippen LogP contribution >= 0.6 is 0 Å². The minimum Gasteiger partial charge on any atom is -0.340 e. The third-order valence-corrected chi connectivity index (χ3v) is 8.16. The molecule has 0 atom stereocenters. The van der Waals surface area contributed by atoms with Crippen molar-refractivity contribution < 1.29 is 22.0 Å². The number of halogens is 2. The van der Waals surface area contributed by atoms with Crippen LogP contribution in [0.5, 0.6) is 0 Å². The van der Waals surface area contributed by atoms with Crippen LogP contribution in [0.15, 0.2) is 27.9 Å². The second kappa shape index (κ2) is 8.91. The van der Waals surface area contributed by atoms with Crippen LogP contribution in [0.4, 0.5) is 8.78 Å². The molecule has 4 rings (SSSR count). The monoisotopic (exact) mass is 493 g/mol. The van der Waals surface area contributed by atoms with Crippen molar-refractivity contribution in [2.24, 2.45) is 7.05 Å². The van der Waals surface area contributed by atoms with Gasteiger partial charge in [0.25, 0.3) is 5.56 Å². The number of aromatic nitrogens is 3. The van der Waals surface area contributed by atoms with Crippen molar-refractivity contribution in [3.8, 4) is 0 Å². The summed E-state index contributed by atoms with van der Waals surface area (Å²) < 4.78 is 55.6. The van der Waals surface area contributed by atoms with Crippen molar-refractivity contribution in [1.82, 2.24) is 24.0 Å². The lowest BCUT2D eigenvalue weighted by molar-refractivity contribution is -0.132. The molecular weight excluding hydrogens is 468 g/mol. The Kier molecular flexibility index (Phi) is 6.30. The summed E-state index contributed by atoms with van der Waals surface area (Å²) in [7, 11) is -2.48. The van der Waals surface area contributed by atoms with E-state index in [0.29, 0.717) is 17.3 Å². The molecule has 1 amide bonds. The van der Waals surface area contributed by atoms with Crippen molar-refractivity contribution in [3.05, 3.63) is 57.0 Å². The average molecular weight is 494 g/mol. The molecular formula is C22H25F2N5O4S. The fourth-order valence-electron chi connectivity index (χ4n) is 4.44. The predicted molar refractivity (Wildman–Crippen MR) is 121 cm³/mol. The Morgan fingerprint density at radius 1 is 1.15 bits per heavy atom. The van der Waals surface area contributed by atoms with Crippen molar-refractivity contribution in [2.75, 3.05) is 26.2 Å². The quantitative estimate of drug-likeness (QED) is 0.581. The summed E-state index contributed by atoms with van der Waals surface area (Å²) in [5.41, 5.74) is 2.44. The predicted octanol–water partition coefficient (Wildman–Crippen LogP) is 1.62. The van der Waals surface area contributed by atoms with Crippen molar-refractivity contribution >= 4 is 27.0 Å². The molecule has 0 bridgehead atoms. The Balaban J connectivity index is 1.42. The highest BCUT2D eigenvalue weighted by atomic mass is 32.2. The standard InChI is InChI=1S/C22H25F2N5O4S/c1-13-16(22(31)25-21-20(13)14(2)26-27(21)3)5-7-19(30)28-8-10-29(11-9-28)34(32,33)18-12-15(23)4-6-17(18)24/h4,6,12H,5,7-11H2,1-3H3,(H,25,31). The first-order chi connectivity index (χ1) is 16.0. The van der Waals surface area contributed by atoms with E-state index in [1.807, 2.05) is 13.8 Å². The topological polar surface area (TPSA) is 108 Å². The second-order valence-corrected chi connectivity index (χ2v) is 10.3. The Labute approximate surface area is 195 Å². The van der Waals surface area contributed by atoms with E-state index in [1.54, 1.807) is 11.7 Å². The molecule has 2 aromatic heterocycles. The number of pyridine rings is 1. The van der Waals surface area contributed by atoms with E-state index in [9.17, 15) is 26.8 Å². The molecule has 9 nitrogen and oxygen atoms in total. The fourth-order valence-corrected chi connectivity index (χ4v) is 5.94. The van der Waals surface area contributed by atoms with E-state index in [4.69, 9.17) is 0 Å². The molecule has 34 heavy (non-hydrogen) atoms. The molecule has 12 heteroatoms. The van der Waals surface area contributed by atoms with Crippen molar-refractivity contribution in [1.29, 1.82) is 0 Å². The number of fused-ring (bicyclic) bond motifs is 1. The third kappa shape index (κ3) is 4.23. The SMILES string of the molecule is Cc1nn(C)c2[nH]c(=O)c(CCC(=O)N3CCN(S(=O)(=O)c4cc(F)ccc4F)CC3)c(C)c12. The molecule has 0 spiro atoms. The highest BCUT2D eigenvalue weighted by Crippen LogP contribution is 2.23. The second-order valence-electron chi connectivity index (χ2n) is 8.35. The average Bonchev–Trinajstić information content (AvgIpc) is 3.08. The summed E-state index contributed by atoms with van der Waals surface area (Å²) in [6, 6.07) is 2.28. The summed E-state index contributed by atoms with van der Waals surface area (Å²) in [5.74, 6) is -2.09. The summed E-state index contributed by atoms with van der Waals surface area (Å²) in [6.45, 7) is 3.85. The molecule has 182 valence electrons. The maximum Gasteiger partial charge on any atom is 0.253 e. The number of hydrogen-bond donors (Lipinski definition) is 1. The van der Waals surface area contributed by atoms with Crippen LogP contribution in [0.2, 0.25) is 0 Å². The van der Waals surface area contributed by atoms with Crippen LogP contribution in [-0.4, -0.2) is 64.5 Å². The van der Waals surface area contributed by atoms with Crippen LogP contribution < -0.4 is 5.56 Å². The molecule has 0 saturated carbocycles. The number of rotatable bonds is 5. The summed E-state index contributed by atoms with van der Waals surface area (Å²) in [4.78, 5) is 29.0. The van der Waals surface area contributed by atoms with Gasteiger partial charge in [0.05, 0.1) is 5.69 Å². The molecule has 1 aliphatic heterocycles. The Hall–Kier alpha value is -3.12. The minimum absolute atomic E-state index is 0.0372. The van der Waals surface area contributed by atoms with Gasteiger partial charge in [0.1, 0.15) is 22.2 Å². The van der Waals surface area contributed by atoms with Crippen LogP contribution in [0.1, 0.15) is 23.2 Å². The van der Waals surface area contributed by atoms with Gasteiger partial charge >= 0.3 is 0 Å². The molecule has 1 saturated heterocycles.